The van der Waals surface area contributed by atoms with E-state index in [1.807, 2.05) is 0 Å². The fraction of sp³-hybridized carbons (Fsp3) is 0.567. The molecule has 0 unspecified atom stereocenters. The molecule has 2 nitrogen and oxygen atoms in total. The number of benzene rings is 2. The van der Waals surface area contributed by atoms with Crippen LogP contribution in [-0.2, 0) is 0 Å². The van der Waals surface area contributed by atoms with Crippen LogP contribution in [0.2, 0.25) is 0 Å². The molecule has 0 spiro atoms. The van der Waals surface area contributed by atoms with Gasteiger partial charge >= 0.3 is 0 Å². The summed E-state index contributed by atoms with van der Waals surface area (Å²) in [6.07, 6.45) is 14.1. The number of hydrogen-bond donors (Lipinski definition) is 0. The number of nitrogens with zero attached hydrogens (tertiary/aromatic N) is 1. The zero-order valence-electron chi connectivity index (χ0n) is 20.2. The molecule has 2 aromatic rings. The molecule has 0 radical (unpaired) electrons. The maximum Gasteiger partial charge on any atom is 0.119 e. The summed E-state index contributed by atoms with van der Waals surface area (Å²) in [5, 5.41) is 9.80. The second-order valence-electron chi connectivity index (χ2n) is 9.68. The molecule has 1 saturated carbocycles. The van der Waals surface area contributed by atoms with Crippen LogP contribution in [0.4, 0.5) is 0 Å². The standard InChI is InChI=1S/C30H41NO/c1-3-5-7-9-23-32-29-16-14-27(15-17-29)25-10-12-26(13-11-25)28-18-21-30(24-31,22-19-28)20-8-6-4-2/h10-17,28H,3-9,18-23H2,1-2H3. The fourth-order valence-electron chi connectivity index (χ4n) is 5.05. The van der Waals surface area contributed by atoms with Gasteiger partial charge < -0.3 is 4.74 Å². The van der Waals surface area contributed by atoms with Gasteiger partial charge in [-0.1, -0.05) is 88.8 Å². The van der Waals surface area contributed by atoms with Crippen molar-refractivity contribution in [3.8, 4) is 22.9 Å². The normalized spacial score (nSPS) is 20.6. The van der Waals surface area contributed by atoms with Crippen LogP contribution in [-0.4, -0.2) is 6.61 Å². The Morgan fingerprint density at radius 2 is 1.41 bits per heavy atom. The average molecular weight is 432 g/mol. The highest BCUT2D eigenvalue weighted by Gasteiger charge is 2.35. The Bertz CT molecular complexity index is 823. The quantitative estimate of drug-likeness (QED) is 0.314. The van der Waals surface area contributed by atoms with Crippen LogP contribution in [0.25, 0.3) is 11.1 Å². The smallest absolute Gasteiger partial charge is 0.119 e. The van der Waals surface area contributed by atoms with Gasteiger partial charge in [-0.2, -0.15) is 5.26 Å². The van der Waals surface area contributed by atoms with Crippen LogP contribution in [0, 0.1) is 16.7 Å². The molecule has 0 atom stereocenters. The highest BCUT2D eigenvalue weighted by molar-refractivity contribution is 5.64. The highest BCUT2D eigenvalue weighted by atomic mass is 16.5. The van der Waals surface area contributed by atoms with Crippen molar-refractivity contribution in [2.24, 2.45) is 5.41 Å². The Morgan fingerprint density at radius 1 is 0.812 bits per heavy atom. The summed E-state index contributed by atoms with van der Waals surface area (Å²) in [6.45, 7) is 5.27. The first-order valence-corrected chi connectivity index (χ1v) is 12.9. The molecule has 2 heteroatoms. The Hall–Kier alpha value is -2.27. The molecule has 1 fully saturated rings. The van der Waals surface area contributed by atoms with Crippen molar-refractivity contribution in [1.82, 2.24) is 0 Å². The Labute approximate surface area is 196 Å². The van der Waals surface area contributed by atoms with E-state index in [2.05, 4.69) is 68.4 Å². The van der Waals surface area contributed by atoms with Crippen molar-refractivity contribution in [1.29, 1.82) is 5.26 Å². The Morgan fingerprint density at radius 3 is 2.00 bits per heavy atom. The lowest BCUT2D eigenvalue weighted by Gasteiger charge is -2.35. The number of rotatable bonds is 12. The van der Waals surface area contributed by atoms with Crippen LogP contribution in [0.5, 0.6) is 5.75 Å². The lowest BCUT2D eigenvalue weighted by atomic mass is 9.67. The van der Waals surface area contributed by atoms with E-state index >= 15 is 0 Å². The largest absolute Gasteiger partial charge is 0.494 e. The van der Waals surface area contributed by atoms with E-state index < -0.39 is 0 Å². The van der Waals surface area contributed by atoms with E-state index in [1.54, 1.807) is 0 Å². The minimum atomic E-state index is -0.0641. The SMILES string of the molecule is CCCCCCOc1ccc(-c2ccc(C3CCC(C#N)(CCCCC)CC3)cc2)cc1. The second-order valence-corrected chi connectivity index (χ2v) is 9.68. The molecular weight excluding hydrogens is 390 g/mol. The van der Waals surface area contributed by atoms with E-state index in [4.69, 9.17) is 4.74 Å². The summed E-state index contributed by atoms with van der Waals surface area (Å²) >= 11 is 0. The van der Waals surface area contributed by atoms with Gasteiger partial charge in [-0.05, 0) is 73.3 Å². The molecule has 0 aliphatic heterocycles. The van der Waals surface area contributed by atoms with Crippen molar-refractivity contribution in [3.05, 3.63) is 54.1 Å². The molecule has 0 aromatic heterocycles. The molecule has 0 N–H and O–H groups in total. The predicted octanol–water partition coefficient (Wildman–Crippen LogP) is 9.06. The number of unbranched alkanes of at least 4 members (excludes halogenated alkanes) is 5. The minimum Gasteiger partial charge on any atom is -0.494 e. The van der Waals surface area contributed by atoms with Crippen molar-refractivity contribution in [2.75, 3.05) is 6.61 Å². The van der Waals surface area contributed by atoms with Gasteiger partial charge in [0, 0.05) is 0 Å². The van der Waals surface area contributed by atoms with Gasteiger partial charge in [-0.25, -0.2) is 0 Å². The molecule has 0 bridgehead atoms. The summed E-state index contributed by atoms with van der Waals surface area (Å²) < 4.78 is 5.88. The number of hydrogen-bond acceptors (Lipinski definition) is 2. The van der Waals surface area contributed by atoms with E-state index in [9.17, 15) is 5.26 Å². The van der Waals surface area contributed by atoms with Crippen LogP contribution in [0.1, 0.15) is 102 Å². The molecular formula is C30H41NO. The third kappa shape index (κ3) is 6.86. The van der Waals surface area contributed by atoms with Gasteiger partial charge in [0.25, 0.3) is 0 Å². The first-order chi connectivity index (χ1) is 15.7. The monoisotopic (exact) mass is 431 g/mol. The van der Waals surface area contributed by atoms with Gasteiger partial charge in [-0.3, -0.25) is 0 Å². The molecule has 1 aliphatic carbocycles. The van der Waals surface area contributed by atoms with Gasteiger partial charge in [0.15, 0.2) is 0 Å². The molecule has 0 saturated heterocycles. The molecule has 0 amide bonds. The van der Waals surface area contributed by atoms with Gasteiger partial charge in [-0.15, -0.1) is 0 Å². The number of ether oxygens (including phenoxy) is 1. The summed E-state index contributed by atoms with van der Waals surface area (Å²) in [4.78, 5) is 0. The highest BCUT2D eigenvalue weighted by Crippen LogP contribution is 2.45. The summed E-state index contributed by atoms with van der Waals surface area (Å²) in [6, 6.07) is 20.3. The predicted molar refractivity (Wildman–Crippen MR) is 135 cm³/mol. The topological polar surface area (TPSA) is 33.0 Å². The Kier molecular flexibility index (Phi) is 9.66. The van der Waals surface area contributed by atoms with Crippen LogP contribution in [0.15, 0.2) is 48.5 Å². The molecule has 0 heterocycles. The third-order valence-corrected chi connectivity index (χ3v) is 7.28. The fourth-order valence-corrected chi connectivity index (χ4v) is 5.05. The summed E-state index contributed by atoms with van der Waals surface area (Å²) in [5.41, 5.74) is 3.86. The second kappa shape index (κ2) is 12.7. The van der Waals surface area contributed by atoms with Gasteiger partial charge in [0.2, 0.25) is 0 Å². The molecule has 2 aromatic carbocycles. The molecule has 3 rings (SSSR count). The van der Waals surface area contributed by atoms with E-state index in [0.29, 0.717) is 5.92 Å². The first-order valence-electron chi connectivity index (χ1n) is 12.9. The Balaban J connectivity index is 1.51. The lowest BCUT2D eigenvalue weighted by molar-refractivity contribution is 0.223. The van der Waals surface area contributed by atoms with Crippen LogP contribution < -0.4 is 4.74 Å². The van der Waals surface area contributed by atoms with Crippen molar-refractivity contribution < 1.29 is 4.74 Å². The average Bonchev–Trinajstić information content (AvgIpc) is 2.85. The molecule has 32 heavy (non-hydrogen) atoms. The first kappa shape index (κ1) is 24.4. The van der Waals surface area contributed by atoms with Crippen molar-refractivity contribution in [2.45, 2.75) is 96.8 Å². The van der Waals surface area contributed by atoms with Gasteiger partial charge in [0.05, 0.1) is 18.1 Å². The zero-order valence-corrected chi connectivity index (χ0v) is 20.2. The van der Waals surface area contributed by atoms with E-state index in [0.717, 1.165) is 50.9 Å². The van der Waals surface area contributed by atoms with Crippen molar-refractivity contribution >= 4 is 0 Å². The van der Waals surface area contributed by atoms with Crippen molar-refractivity contribution in [3.63, 3.8) is 0 Å². The summed E-state index contributed by atoms with van der Waals surface area (Å²) in [5.74, 6) is 1.56. The molecule has 172 valence electrons. The minimum absolute atomic E-state index is 0.0641. The van der Waals surface area contributed by atoms with Crippen LogP contribution >= 0.6 is 0 Å². The van der Waals surface area contributed by atoms with Gasteiger partial charge in [0.1, 0.15) is 5.75 Å². The lowest BCUT2D eigenvalue weighted by Crippen LogP contribution is -2.25. The third-order valence-electron chi connectivity index (χ3n) is 7.28. The number of nitriles is 1. The van der Waals surface area contributed by atoms with Crippen LogP contribution in [0.3, 0.4) is 0 Å². The maximum atomic E-state index is 9.80. The zero-order chi connectivity index (χ0) is 22.7. The van der Waals surface area contributed by atoms with E-state index in [-0.39, 0.29) is 5.41 Å². The molecule has 1 aliphatic rings. The maximum absolute atomic E-state index is 9.80. The van der Waals surface area contributed by atoms with E-state index in [1.165, 1.54) is 55.2 Å². The summed E-state index contributed by atoms with van der Waals surface area (Å²) in [7, 11) is 0.